The van der Waals surface area contributed by atoms with Gasteiger partial charge in [0.05, 0.1) is 12.6 Å². The summed E-state index contributed by atoms with van der Waals surface area (Å²) < 4.78 is 5.54. The fourth-order valence-electron chi connectivity index (χ4n) is 1.81. The molecule has 0 saturated carbocycles. The molecule has 0 saturated heterocycles. The first-order chi connectivity index (χ1) is 10.5. The van der Waals surface area contributed by atoms with Crippen molar-refractivity contribution in [2.24, 2.45) is 10.9 Å². The van der Waals surface area contributed by atoms with Gasteiger partial charge >= 0.3 is 0 Å². The maximum Gasteiger partial charge on any atom is 0.213 e. The molecular weight excluding hydrogens is 403 g/mol. The Hall–Kier alpha value is -1.05. The van der Waals surface area contributed by atoms with E-state index in [1.807, 2.05) is 32.2 Å². The predicted molar refractivity (Wildman–Crippen MR) is 108 cm³/mol. The van der Waals surface area contributed by atoms with Gasteiger partial charge in [0.2, 0.25) is 5.88 Å². The summed E-state index contributed by atoms with van der Waals surface area (Å²) in [6, 6.07) is 3.90. The van der Waals surface area contributed by atoms with E-state index < -0.39 is 0 Å². The van der Waals surface area contributed by atoms with Crippen molar-refractivity contribution >= 4 is 29.9 Å². The summed E-state index contributed by atoms with van der Waals surface area (Å²) in [4.78, 5) is 8.88. The fourth-order valence-corrected chi connectivity index (χ4v) is 1.81. The van der Waals surface area contributed by atoms with Crippen LogP contribution in [0.1, 0.15) is 46.6 Å². The molecule has 5 nitrogen and oxygen atoms in total. The van der Waals surface area contributed by atoms with Crippen molar-refractivity contribution in [1.29, 1.82) is 0 Å². The first kappa shape index (κ1) is 21.9. The molecule has 6 heteroatoms. The number of rotatable bonds is 8. The molecule has 0 aliphatic rings. The van der Waals surface area contributed by atoms with E-state index in [0.717, 1.165) is 31.0 Å². The Kier molecular flexibility index (Phi) is 11.8. The molecule has 1 aromatic rings. The molecule has 1 aromatic heterocycles. The molecule has 0 aliphatic carbocycles. The second-order valence-corrected chi connectivity index (χ2v) is 5.98. The third-order valence-corrected chi connectivity index (χ3v) is 2.93. The molecule has 0 aliphatic heterocycles. The van der Waals surface area contributed by atoms with Crippen molar-refractivity contribution < 1.29 is 4.74 Å². The van der Waals surface area contributed by atoms with Gasteiger partial charge in [-0.05, 0) is 38.7 Å². The lowest BCUT2D eigenvalue weighted by molar-refractivity contribution is 0.232. The second-order valence-electron chi connectivity index (χ2n) is 5.98. The Morgan fingerprint density at radius 1 is 1.22 bits per heavy atom. The van der Waals surface area contributed by atoms with E-state index in [2.05, 4.69) is 41.4 Å². The van der Waals surface area contributed by atoms with Crippen LogP contribution >= 0.6 is 24.0 Å². The number of aromatic nitrogens is 1. The van der Waals surface area contributed by atoms with E-state index >= 15 is 0 Å². The Labute approximate surface area is 157 Å². The van der Waals surface area contributed by atoms with Gasteiger partial charge in [0.15, 0.2) is 5.96 Å². The standard InChI is InChI=1S/C17H30N4O.HI/c1-6-18-17(19-10-9-13(2)3)21-12-15-7-8-16(20-11-15)22-14(4)5;/h7-8,11,13-14H,6,9-10,12H2,1-5H3,(H2,18,19,21);1H. The Balaban J connectivity index is 0.00000484. The number of hydrogen-bond acceptors (Lipinski definition) is 3. The Morgan fingerprint density at radius 3 is 2.48 bits per heavy atom. The zero-order valence-electron chi connectivity index (χ0n) is 14.9. The fraction of sp³-hybridized carbons (Fsp3) is 0.647. The zero-order chi connectivity index (χ0) is 16.4. The van der Waals surface area contributed by atoms with Crippen molar-refractivity contribution in [2.75, 3.05) is 13.1 Å². The van der Waals surface area contributed by atoms with E-state index in [-0.39, 0.29) is 30.1 Å². The lowest BCUT2D eigenvalue weighted by atomic mass is 10.1. The van der Waals surface area contributed by atoms with E-state index in [1.54, 1.807) is 0 Å². The Bertz CT molecular complexity index is 446. The maximum atomic E-state index is 5.54. The van der Waals surface area contributed by atoms with Crippen molar-refractivity contribution in [3.05, 3.63) is 23.9 Å². The van der Waals surface area contributed by atoms with Gasteiger partial charge in [-0.2, -0.15) is 0 Å². The largest absolute Gasteiger partial charge is 0.475 e. The SMILES string of the molecule is CCNC(=NCc1ccc(OC(C)C)nc1)NCCC(C)C.I. The minimum Gasteiger partial charge on any atom is -0.475 e. The number of guanidine groups is 1. The van der Waals surface area contributed by atoms with Crippen LogP contribution in [0.3, 0.4) is 0 Å². The quantitative estimate of drug-likeness (QED) is 0.373. The number of nitrogens with one attached hydrogen (secondary N) is 2. The van der Waals surface area contributed by atoms with Crippen LogP contribution in [-0.4, -0.2) is 30.1 Å². The molecule has 0 radical (unpaired) electrons. The molecule has 1 rings (SSSR count). The molecule has 0 atom stereocenters. The van der Waals surface area contributed by atoms with Gasteiger partial charge in [-0.3, -0.25) is 0 Å². The summed E-state index contributed by atoms with van der Waals surface area (Å²) in [7, 11) is 0. The minimum absolute atomic E-state index is 0. The van der Waals surface area contributed by atoms with Crippen LogP contribution in [0.25, 0.3) is 0 Å². The molecule has 23 heavy (non-hydrogen) atoms. The summed E-state index contributed by atoms with van der Waals surface area (Å²) in [6.45, 7) is 12.9. The van der Waals surface area contributed by atoms with Gasteiger partial charge in [0.25, 0.3) is 0 Å². The summed E-state index contributed by atoms with van der Waals surface area (Å²) in [6.07, 6.45) is 3.09. The van der Waals surface area contributed by atoms with Crippen LogP contribution in [0.2, 0.25) is 0 Å². The average Bonchev–Trinajstić information content (AvgIpc) is 2.45. The zero-order valence-corrected chi connectivity index (χ0v) is 17.3. The maximum absolute atomic E-state index is 5.54. The van der Waals surface area contributed by atoms with Crippen LogP contribution in [-0.2, 0) is 6.54 Å². The molecule has 0 fully saturated rings. The van der Waals surface area contributed by atoms with Gasteiger partial charge in [0, 0.05) is 25.4 Å². The highest BCUT2D eigenvalue weighted by molar-refractivity contribution is 14.0. The van der Waals surface area contributed by atoms with E-state index in [1.165, 1.54) is 0 Å². The van der Waals surface area contributed by atoms with Crippen LogP contribution < -0.4 is 15.4 Å². The van der Waals surface area contributed by atoms with Crippen molar-refractivity contribution in [3.63, 3.8) is 0 Å². The van der Waals surface area contributed by atoms with Crippen molar-refractivity contribution in [3.8, 4) is 5.88 Å². The van der Waals surface area contributed by atoms with Gasteiger partial charge in [-0.1, -0.05) is 19.9 Å². The van der Waals surface area contributed by atoms with Crippen molar-refractivity contribution in [1.82, 2.24) is 15.6 Å². The summed E-state index contributed by atoms with van der Waals surface area (Å²) >= 11 is 0. The lowest BCUT2D eigenvalue weighted by Crippen LogP contribution is -2.38. The normalized spacial score (nSPS) is 11.3. The van der Waals surface area contributed by atoms with Gasteiger partial charge < -0.3 is 15.4 Å². The molecule has 0 bridgehead atoms. The monoisotopic (exact) mass is 434 g/mol. The molecule has 1 heterocycles. The molecule has 0 aromatic carbocycles. The van der Waals surface area contributed by atoms with E-state index in [0.29, 0.717) is 18.3 Å². The second kappa shape index (κ2) is 12.4. The molecule has 132 valence electrons. The van der Waals surface area contributed by atoms with Gasteiger partial charge in [-0.25, -0.2) is 9.98 Å². The summed E-state index contributed by atoms with van der Waals surface area (Å²) in [5, 5.41) is 6.61. The first-order valence-electron chi connectivity index (χ1n) is 8.15. The van der Waals surface area contributed by atoms with E-state index in [4.69, 9.17) is 4.74 Å². The van der Waals surface area contributed by atoms with Crippen LogP contribution in [0.5, 0.6) is 5.88 Å². The topological polar surface area (TPSA) is 58.5 Å². The number of nitrogens with zero attached hydrogens (tertiary/aromatic N) is 2. The number of halogens is 1. The van der Waals surface area contributed by atoms with Gasteiger partial charge in [-0.15, -0.1) is 24.0 Å². The van der Waals surface area contributed by atoms with Gasteiger partial charge in [0.1, 0.15) is 0 Å². The number of ether oxygens (including phenoxy) is 1. The minimum atomic E-state index is 0. The smallest absolute Gasteiger partial charge is 0.213 e. The molecule has 0 unspecified atom stereocenters. The van der Waals surface area contributed by atoms with Crippen LogP contribution in [0, 0.1) is 5.92 Å². The highest BCUT2D eigenvalue weighted by Crippen LogP contribution is 2.10. The summed E-state index contributed by atoms with van der Waals surface area (Å²) in [5.41, 5.74) is 1.07. The van der Waals surface area contributed by atoms with Crippen LogP contribution in [0.15, 0.2) is 23.3 Å². The predicted octanol–water partition coefficient (Wildman–Crippen LogP) is 3.59. The third-order valence-electron chi connectivity index (χ3n) is 2.93. The number of hydrogen-bond donors (Lipinski definition) is 2. The van der Waals surface area contributed by atoms with Crippen molar-refractivity contribution in [2.45, 2.75) is 53.7 Å². The number of aliphatic imine (C=N–C) groups is 1. The third kappa shape index (κ3) is 10.4. The first-order valence-corrected chi connectivity index (χ1v) is 8.15. The van der Waals surface area contributed by atoms with E-state index in [9.17, 15) is 0 Å². The highest BCUT2D eigenvalue weighted by atomic mass is 127. The molecular formula is C17H31IN4O. The molecule has 0 amide bonds. The molecule has 0 spiro atoms. The molecule has 2 N–H and O–H groups in total. The van der Waals surface area contributed by atoms with Crippen LogP contribution in [0.4, 0.5) is 0 Å². The average molecular weight is 434 g/mol. The lowest BCUT2D eigenvalue weighted by Gasteiger charge is -2.12. The number of pyridine rings is 1. The summed E-state index contributed by atoms with van der Waals surface area (Å²) in [5.74, 6) is 2.20. The highest BCUT2D eigenvalue weighted by Gasteiger charge is 2.01. The Morgan fingerprint density at radius 2 is 1.96 bits per heavy atom.